The van der Waals surface area contributed by atoms with E-state index < -0.39 is 0 Å². The van der Waals surface area contributed by atoms with Gasteiger partial charge < -0.3 is 0 Å². The van der Waals surface area contributed by atoms with Crippen molar-refractivity contribution in [3.8, 4) is 0 Å². The average Bonchev–Trinajstić information content (AvgIpc) is 1.89. The maximum Gasteiger partial charge on any atom is -0.0287 e. The number of hydrogen-bond donors (Lipinski definition) is 0. The zero-order valence-electron chi connectivity index (χ0n) is 7.19. The standard InChI is InChI=1S/C10H18/c1-4-6-7-9-10(3)8-5-2/h7,9H,3-6,8H2,1-2H3/b9-7-. The van der Waals surface area contributed by atoms with Gasteiger partial charge in [-0.3, -0.25) is 0 Å². The first-order chi connectivity index (χ1) is 4.81. The Morgan fingerprint density at radius 2 is 2.00 bits per heavy atom. The molecule has 0 heteroatoms. The molecule has 0 aliphatic heterocycles. The number of unbranched alkanes of at least 4 members (excludes halogenated alkanes) is 1. The number of hydrogen-bond acceptors (Lipinski definition) is 0. The number of allylic oxidation sites excluding steroid dienone is 3. The van der Waals surface area contributed by atoms with Crippen LogP contribution < -0.4 is 0 Å². The molecule has 0 aromatic rings. The van der Waals surface area contributed by atoms with Gasteiger partial charge >= 0.3 is 0 Å². The molecular formula is C10H18. The van der Waals surface area contributed by atoms with Crippen LogP contribution in [-0.2, 0) is 0 Å². The maximum atomic E-state index is 3.93. The summed E-state index contributed by atoms with van der Waals surface area (Å²) in [6.45, 7) is 8.30. The van der Waals surface area contributed by atoms with Crippen molar-refractivity contribution in [3.63, 3.8) is 0 Å². The van der Waals surface area contributed by atoms with Crippen molar-refractivity contribution in [3.05, 3.63) is 24.3 Å². The van der Waals surface area contributed by atoms with Gasteiger partial charge in [-0.25, -0.2) is 0 Å². The Morgan fingerprint density at radius 1 is 1.30 bits per heavy atom. The zero-order chi connectivity index (χ0) is 7.82. The molecule has 0 saturated heterocycles. The highest BCUT2D eigenvalue weighted by atomic mass is 13.9. The molecule has 0 nitrogen and oxygen atoms in total. The van der Waals surface area contributed by atoms with Gasteiger partial charge in [0.2, 0.25) is 0 Å². The van der Waals surface area contributed by atoms with E-state index in [9.17, 15) is 0 Å². The van der Waals surface area contributed by atoms with Crippen LogP contribution in [0.1, 0.15) is 39.5 Å². The first-order valence-corrected chi connectivity index (χ1v) is 4.15. The van der Waals surface area contributed by atoms with Gasteiger partial charge in [0.05, 0.1) is 0 Å². The van der Waals surface area contributed by atoms with Gasteiger partial charge in [-0.2, -0.15) is 0 Å². The molecule has 0 heterocycles. The minimum Gasteiger partial charge on any atom is -0.0958 e. The highest BCUT2D eigenvalue weighted by molar-refractivity contribution is 5.13. The van der Waals surface area contributed by atoms with Gasteiger partial charge in [-0.15, -0.1) is 0 Å². The van der Waals surface area contributed by atoms with Gasteiger partial charge in [0.25, 0.3) is 0 Å². The van der Waals surface area contributed by atoms with E-state index in [1.807, 2.05) is 0 Å². The molecule has 0 aromatic heterocycles. The summed E-state index contributed by atoms with van der Waals surface area (Å²) in [6, 6.07) is 0. The molecule has 0 fully saturated rings. The van der Waals surface area contributed by atoms with Crippen molar-refractivity contribution in [2.45, 2.75) is 39.5 Å². The predicted octanol–water partition coefficient (Wildman–Crippen LogP) is 3.70. The summed E-state index contributed by atoms with van der Waals surface area (Å²) in [5.41, 5.74) is 1.26. The van der Waals surface area contributed by atoms with Crippen LogP contribution in [0.15, 0.2) is 24.3 Å². The summed E-state index contributed by atoms with van der Waals surface area (Å²) in [7, 11) is 0. The molecule has 0 bridgehead atoms. The largest absolute Gasteiger partial charge is 0.0958 e. The van der Waals surface area contributed by atoms with Gasteiger partial charge in [-0.05, 0) is 12.8 Å². The minimum atomic E-state index is 1.14. The van der Waals surface area contributed by atoms with E-state index in [0.29, 0.717) is 0 Å². The Balaban J connectivity index is 3.36. The molecule has 58 valence electrons. The fourth-order valence-electron chi connectivity index (χ4n) is 0.821. The van der Waals surface area contributed by atoms with Crippen LogP contribution in [0.4, 0.5) is 0 Å². The predicted molar refractivity (Wildman–Crippen MR) is 48.1 cm³/mol. The van der Waals surface area contributed by atoms with Crippen LogP contribution in [0.25, 0.3) is 0 Å². The molecule has 0 amide bonds. The molecule has 0 radical (unpaired) electrons. The van der Waals surface area contributed by atoms with Crippen LogP contribution in [0.2, 0.25) is 0 Å². The third-order valence-electron chi connectivity index (χ3n) is 1.38. The van der Waals surface area contributed by atoms with Crippen LogP contribution in [-0.4, -0.2) is 0 Å². The van der Waals surface area contributed by atoms with Crippen LogP contribution in [0.3, 0.4) is 0 Å². The van der Waals surface area contributed by atoms with Crippen LogP contribution in [0, 0.1) is 0 Å². The van der Waals surface area contributed by atoms with E-state index in [1.54, 1.807) is 0 Å². The Labute approximate surface area is 64.6 Å². The molecule has 0 rings (SSSR count). The third-order valence-corrected chi connectivity index (χ3v) is 1.38. The summed E-state index contributed by atoms with van der Waals surface area (Å²) in [6.07, 6.45) is 9.11. The highest BCUT2D eigenvalue weighted by Crippen LogP contribution is 2.03. The Kier molecular flexibility index (Phi) is 6.25. The molecule has 10 heavy (non-hydrogen) atoms. The lowest BCUT2D eigenvalue weighted by molar-refractivity contribution is 0.920. The lowest BCUT2D eigenvalue weighted by Gasteiger charge is -1.93. The molecule has 0 saturated carbocycles. The van der Waals surface area contributed by atoms with E-state index in [-0.39, 0.29) is 0 Å². The summed E-state index contributed by atoms with van der Waals surface area (Å²) < 4.78 is 0. The SMILES string of the molecule is C=C(/C=C\CCC)CCC. The highest BCUT2D eigenvalue weighted by Gasteiger charge is 1.83. The fourth-order valence-corrected chi connectivity index (χ4v) is 0.821. The molecule has 0 aromatic carbocycles. The molecule has 0 aliphatic carbocycles. The van der Waals surface area contributed by atoms with Crippen molar-refractivity contribution in [2.75, 3.05) is 0 Å². The molecule has 0 atom stereocenters. The Hall–Kier alpha value is -0.520. The minimum absolute atomic E-state index is 1.14. The van der Waals surface area contributed by atoms with E-state index in [2.05, 4.69) is 32.6 Å². The lowest BCUT2D eigenvalue weighted by atomic mass is 10.1. The van der Waals surface area contributed by atoms with Gasteiger partial charge in [0.1, 0.15) is 0 Å². The second-order valence-corrected chi connectivity index (χ2v) is 2.60. The van der Waals surface area contributed by atoms with E-state index in [4.69, 9.17) is 0 Å². The molecule has 0 N–H and O–H groups in total. The third kappa shape index (κ3) is 5.61. The molecule has 0 aliphatic rings. The van der Waals surface area contributed by atoms with Gasteiger partial charge in [0.15, 0.2) is 0 Å². The van der Waals surface area contributed by atoms with Crippen LogP contribution >= 0.6 is 0 Å². The first-order valence-electron chi connectivity index (χ1n) is 4.15. The van der Waals surface area contributed by atoms with E-state index in [0.717, 1.165) is 6.42 Å². The summed E-state index contributed by atoms with van der Waals surface area (Å²) >= 11 is 0. The number of rotatable bonds is 5. The maximum absolute atomic E-state index is 3.93. The van der Waals surface area contributed by atoms with Crippen molar-refractivity contribution < 1.29 is 0 Å². The van der Waals surface area contributed by atoms with Crippen LogP contribution in [0.5, 0.6) is 0 Å². The smallest absolute Gasteiger partial charge is 0.0287 e. The van der Waals surface area contributed by atoms with E-state index >= 15 is 0 Å². The second kappa shape index (κ2) is 6.60. The normalized spacial score (nSPS) is 10.6. The summed E-state index contributed by atoms with van der Waals surface area (Å²) in [5.74, 6) is 0. The van der Waals surface area contributed by atoms with Crippen molar-refractivity contribution in [1.82, 2.24) is 0 Å². The summed E-state index contributed by atoms with van der Waals surface area (Å²) in [5, 5.41) is 0. The van der Waals surface area contributed by atoms with Crippen molar-refractivity contribution in [2.24, 2.45) is 0 Å². The molecular weight excluding hydrogens is 120 g/mol. The van der Waals surface area contributed by atoms with Crippen molar-refractivity contribution in [1.29, 1.82) is 0 Å². The second-order valence-electron chi connectivity index (χ2n) is 2.60. The first kappa shape index (κ1) is 9.48. The quantitative estimate of drug-likeness (QED) is 0.508. The van der Waals surface area contributed by atoms with E-state index in [1.165, 1.54) is 24.8 Å². The zero-order valence-corrected chi connectivity index (χ0v) is 7.19. The lowest BCUT2D eigenvalue weighted by Crippen LogP contribution is -1.73. The fraction of sp³-hybridized carbons (Fsp3) is 0.600. The topological polar surface area (TPSA) is 0 Å². The molecule has 0 unspecified atom stereocenters. The summed E-state index contributed by atoms with van der Waals surface area (Å²) in [4.78, 5) is 0. The monoisotopic (exact) mass is 138 g/mol. The van der Waals surface area contributed by atoms with Crippen molar-refractivity contribution >= 4 is 0 Å². The molecule has 0 spiro atoms. The Bertz CT molecular complexity index is 109. The van der Waals surface area contributed by atoms with Gasteiger partial charge in [0, 0.05) is 0 Å². The van der Waals surface area contributed by atoms with Gasteiger partial charge in [-0.1, -0.05) is 51.0 Å². The Morgan fingerprint density at radius 3 is 2.50 bits per heavy atom. The average molecular weight is 138 g/mol.